The summed E-state index contributed by atoms with van der Waals surface area (Å²) in [6.07, 6.45) is -0.378. The van der Waals surface area contributed by atoms with Gasteiger partial charge in [-0.1, -0.05) is 24.3 Å². The molecule has 22 heavy (non-hydrogen) atoms. The van der Waals surface area contributed by atoms with Crippen LogP contribution in [0.5, 0.6) is 0 Å². The summed E-state index contributed by atoms with van der Waals surface area (Å²) in [5.41, 5.74) is 6.07. The lowest BCUT2D eigenvalue weighted by Gasteiger charge is -2.15. The van der Waals surface area contributed by atoms with Crippen molar-refractivity contribution in [3.8, 4) is 0 Å². The molecule has 8 nitrogen and oxygen atoms in total. The number of hydrogen-bond acceptors (Lipinski definition) is 5. The van der Waals surface area contributed by atoms with Gasteiger partial charge in [0.1, 0.15) is 6.04 Å². The second-order valence-electron chi connectivity index (χ2n) is 4.61. The number of carboxylic acid groups (broad SMARTS) is 2. The molecule has 2 unspecified atom stereocenters. The van der Waals surface area contributed by atoms with Crippen molar-refractivity contribution in [3.63, 3.8) is 0 Å². The van der Waals surface area contributed by atoms with Crippen molar-refractivity contribution in [1.29, 1.82) is 0 Å². The summed E-state index contributed by atoms with van der Waals surface area (Å²) in [6.45, 7) is 0. The highest BCUT2D eigenvalue weighted by Gasteiger charge is 2.24. The number of carbonyl (C=O) groups is 4. The third-order valence-corrected chi connectivity index (χ3v) is 3.01. The van der Waals surface area contributed by atoms with Gasteiger partial charge in [0.05, 0.1) is 12.5 Å². The first-order valence-electron chi connectivity index (χ1n) is 6.38. The van der Waals surface area contributed by atoms with Crippen LogP contribution in [0.25, 0.3) is 0 Å². The molecule has 0 bridgehead atoms. The number of benzene rings is 1. The Morgan fingerprint density at radius 3 is 2.41 bits per heavy atom. The summed E-state index contributed by atoms with van der Waals surface area (Å²) < 4.78 is 0. The van der Waals surface area contributed by atoms with Crippen LogP contribution < -0.4 is 11.1 Å². The Hall–Kier alpha value is -2.74. The van der Waals surface area contributed by atoms with Gasteiger partial charge in [0.2, 0.25) is 6.41 Å². The number of nitrogens with one attached hydrogen (secondary N) is 1. The number of carbonyl (C=O) groups excluding carboxylic acids is 2. The Labute approximate surface area is 125 Å². The molecule has 1 rings (SSSR count). The van der Waals surface area contributed by atoms with Crippen LogP contribution in [0.4, 0.5) is 0 Å². The first kappa shape index (κ1) is 17.3. The van der Waals surface area contributed by atoms with Crippen LogP contribution in [0.15, 0.2) is 24.3 Å². The number of aliphatic carboxylic acids is 2. The normalized spacial score (nSPS) is 13.0. The average Bonchev–Trinajstić information content (AvgIpc) is 2.45. The fraction of sp³-hybridized carbons (Fsp3) is 0.286. The van der Waals surface area contributed by atoms with Crippen LogP contribution in [0.3, 0.4) is 0 Å². The van der Waals surface area contributed by atoms with E-state index in [0.717, 1.165) is 0 Å². The van der Waals surface area contributed by atoms with Gasteiger partial charge in [-0.15, -0.1) is 0 Å². The van der Waals surface area contributed by atoms with Crippen molar-refractivity contribution in [3.05, 3.63) is 35.4 Å². The maximum atomic E-state index is 12.2. The second-order valence-corrected chi connectivity index (χ2v) is 4.61. The molecule has 1 aromatic carbocycles. The molecule has 1 amide bonds. The topological polar surface area (TPSA) is 147 Å². The summed E-state index contributed by atoms with van der Waals surface area (Å²) in [7, 11) is 0. The Kier molecular flexibility index (Phi) is 6.21. The van der Waals surface area contributed by atoms with Gasteiger partial charge in [-0.2, -0.15) is 0 Å². The lowest BCUT2D eigenvalue weighted by Crippen LogP contribution is -2.38. The van der Waals surface area contributed by atoms with Gasteiger partial charge < -0.3 is 21.3 Å². The zero-order valence-electron chi connectivity index (χ0n) is 11.6. The second kappa shape index (κ2) is 7.89. The molecular weight excluding hydrogens is 292 g/mol. The van der Waals surface area contributed by atoms with E-state index in [-0.39, 0.29) is 18.4 Å². The Balaban J connectivity index is 3.02. The van der Waals surface area contributed by atoms with E-state index in [2.05, 4.69) is 5.32 Å². The zero-order chi connectivity index (χ0) is 16.7. The minimum Gasteiger partial charge on any atom is -0.481 e. The van der Waals surface area contributed by atoms with Crippen LogP contribution >= 0.6 is 0 Å². The molecule has 1 aromatic rings. The van der Waals surface area contributed by atoms with Crippen LogP contribution in [0.1, 0.15) is 22.3 Å². The number of ketones is 1. The molecular formula is C14H16N2O6. The van der Waals surface area contributed by atoms with Crippen molar-refractivity contribution < 1.29 is 29.4 Å². The molecule has 0 heterocycles. The fourth-order valence-electron chi connectivity index (χ4n) is 1.94. The van der Waals surface area contributed by atoms with Gasteiger partial charge in [0, 0.05) is 12.0 Å². The number of Topliss-reactive ketones (excluding diaryl/α,β-unsaturated/α-hetero) is 1. The van der Waals surface area contributed by atoms with E-state index in [1.165, 1.54) is 12.1 Å². The number of nitrogens with two attached hydrogens (primary N) is 1. The van der Waals surface area contributed by atoms with Crippen molar-refractivity contribution >= 4 is 24.1 Å². The summed E-state index contributed by atoms with van der Waals surface area (Å²) in [5.74, 6) is -3.04. The number of carboxylic acids is 2. The minimum absolute atomic E-state index is 0.115. The van der Waals surface area contributed by atoms with Crippen LogP contribution in [0, 0.1) is 0 Å². The predicted octanol–water partition coefficient (Wildman–Crippen LogP) is -0.587. The third-order valence-electron chi connectivity index (χ3n) is 3.01. The van der Waals surface area contributed by atoms with Gasteiger partial charge >= 0.3 is 11.9 Å². The molecule has 0 aliphatic rings. The summed E-state index contributed by atoms with van der Waals surface area (Å²) in [6, 6.07) is 3.73. The van der Waals surface area contributed by atoms with Crippen molar-refractivity contribution in [2.45, 2.75) is 24.9 Å². The standard InChI is InChI=1S/C14H16N2O6/c15-10(6-12(18)19)13(20)9-4-2-1-3-8(9)5-11(14(21)22)16-7-17/h1-4,7,10-11H,5-6,15H2,(H,16,17)(H,18,19)(H,21,22). The van der Waals surface area contributed by atoms with Crippen LogP contribution in [-0.4, -0.2) is 46.4 Å². The molecule has 0 spiro atoms. The van der Waals surface area contributed by atoms with Gasteiger partial charge in [-0.05, 0) is 5.56 Å². The monoisotopic (exact) mass is 308 g/mol. The lowest BCUT2D eigenvalue weighted by molar-refractivity contribution is -0.140. The Morgan fingerprint density at radius 1 is 1.23 bits per heavy atom. The molecule has 0 aliphatic carbocycles. The quantitative estimate of drug-likeness (QED) is 0.352. The smallest absolute Gasteiger partial charge is 0.326 e. The molecule has 0 fully saturated rings. The SMILES string of the molecule is NC(CC(=O)O)C(=O)c1ccccc1CC(NC=O)C(=O)O. The molecule has 0 aromatic heterocycles. The molecule has 8 heteroatoms. The minimum atomic E-state index is -1.25. The van der Waals surface area contributed by atoms with E-state index in [9.17, 15) is 19.2 Å². The van der Waals surface area contributed by atoms with Gasteiger partial charge in [0.25, 0.3) is 0 Å². The summed E-state index contributed by atoms with van der Waals surface area (Å²) in [5, 5.41) is 19.8. The zero-order valence-corrected chi connectivity index (χ0v) is 11.6. The van der Waals surface area contributed by atoms with Crippen LogP contribution in [0.2, 0.25) is 0 Å². The van der Waals surface area contributed by atoms with E-state index in [4.69, 9.17) is 15.9 Å². The number of hydrogen-bond donors (Lipinski definition) is 4. The van der Waals surface area contributed by atoms with E-state index >= 15 is 0 Å². The van der Waals surface area contributed by atoms with Gasteiger partial charge in [-0.3, -0.25) is 14.4 Å². The Morgan fingerprint density at radius 2 is 1.86 bits per heavy atom. The fourth-order valence-corrected chi connectivity index (χ4v) is 1.94. The molecule has 0 aliphatic heterocycles. The molecule has 0 saturated heterocycles. The van der Waals surface area contributed by atoms with Gasteiger partial charge in [-0.25, -0.2) is 4.79 Å². The maximum absolute atomic E-state index is 12.2. The third kappa shape index (κ3) is 4.67. The molecule has 0 saturated carbocycles. The van der Waals surface area contributed by atoms with Crippen LogP contribution in [-0.2, 0) is 20.8 Å². The largest absolute Gasteiger partial charge is 0.481 e. The van der Waals surface area contributed by atoms with E-state index in [1.807, 2.05) is 0 Å². The van der Waals surface area contributed by atoms with Gasteiger partial charge in [0.15, 0.2) is 5.78 Å². The molecule has 5 N–H and O–H groups in total. The molecule has 0 radical (unpaired) electrons. The lowest BCUT2D eigenvalue weighted by atomic mass is 9.94. The number of rotatable bonds is 9. The highest BCUT2D eigenvalue weighted by molar-refractivity contribution is 6.02. The van der Waals surface area contributed by atoms with E-state index in [1.54, 1.807) is 12.1 Å². The van der Waals surface area contributed by atoms with E-state index < -0.39 is 36.2 Å². The first-order valence-corrected chi connectivity index (χ1v) is 6.38. The highest BCUT2D eigenvalue weighted by Crippen LogP contribution is 2.14. The molecule has 2 atom stereocenters. The predicted molar refractivity (Wildman–Crippen MR) is 75.3 cm³/mol. The van der Waals surface area contributed by atoms with E-state index in [0.29, 0.717) is 5.56 Å². The summed E-state index contributed by atoms with van der Waals surface area (Å²) >= 11 is 0. The molecule has 118 valence electrons. The summed E-state index contributed by atoms with van der Waals surface area (Å²) in [4.78, 5) is 44.3. The Bertz CT molecular complexity index is 586. The number of amides is 1. The first-order chi connectivity index (χ1) is 10.4. The maximum Gasteiger partial charge on any atom is 0.326 e. The average molecular weight is 308 g/mol. The van der Waals surface area contributed by atoms with Crippen molar-refractivity contribution in [2.24, 2.45) is 5.73 Å². The highest BCUT2D eigenvalue weighted by atomic mass is 16.4. The van der Waals surface area contributed by atoms with Crippen molar-refractivity contribution in [1.82, 2.24) is 5.32 Å². The van der Waals surface area contributed by atoms with Crippen molar-refractivity contribution in [2.75, 3.05) is 0 Å².